The van der Waals surface area contributed by atoms with Crippen LogP contribution in [0.5, 0.6) is 0 Å². The molecule has 3 aromatic rings. The van der Waals surface area contributed by atoms with Crippen molar-refractivity contribution in [2.45, 2.75) is 102 Å². The summed E-state index contributed by atoms with van der Waals surface area (Å²) in [5.41, 5.74) is 16.8. The molecule has 2 amide bonds. The number of benzene rings is 3. The van der Waals surface area contributed by atoms with Gasteiger partial charge in [-0.1, -0.05) is 74.2 Å². The molecule has 0 radical (unpaired) electrons. The predicted octanol–water partition coefficient (Wildman–Crippen LogP) is 10.1. The number of hydrogen-bond donors (Lipinski definition) is 3. The number of para-hydroxylation sites is 2. The van der Waals surface area contributed by atoms with Crippen molar-refractivity contribution in [3.63, 3.8) is 0 Å². The van der Waals surface area contributed by atoms with Gasteiger partial charge in [-0.2, -0.15) is 4.58 Å². The summed E-state index contributed by atoms with van der Waals surface area (Å²) in [6.45, 7) is 16.8. The lowest BCUT2D eigenvalue weighted by Gasteiger charge is -2.26. The molecule has 6 rings (SSSR count). The third-order valence-electron chi connectivity index (χ3n) is 11.5. The summed E-state index contributed by atoms with van der Waals surface area (Å²) in [6.07, 6.45) is 14.5. The van der Waals surface area contributed by atoms with Crippen LogP contribution >= 0.6 is 11.8 Å². The van der Waals surface area contributed by atoms with Crippen LogP contribution in [0.25, 0.3) is 0 Å². The van der Waals surface area contributed by atoms with Crippen LogP contribution in [0.3, 0.4) is 0 Å². The quantitative estimate of drug-likeness (QED) is 0.106. The van der Waals surface area contributed by atoms with E-state index in [0.29, 0.717) is 32.4 Å². The Morgan fingerprint density at radius 1 is 0.839 bits per heavy atom. The maximum atomic E-state index is 12.7. The van der Waals surface area contributed by atoms with E-state index >= 15 is 0 Å². The summed E-state index contributed by atoms with van der Waals surface area (Å²) in [5.74, 6) is -0.129. The lowest BCUT2D eigenvalue weighted by atomic mass is 9.81. The molecule has 1 aliphatic carbocycles. The molecule has 56 heavy (non-hydrogen) atoms. The second kappa shape index (κ2) is 18.1. The number of amides is 2. The molecule has 0 spiro atoms. The fourth-order valence-corrected chi connectivity index (χ4v) is 9.56. The number of anilines is 2. The summed E-state index contributed by atoms with van der Waals surface area (Å²) < 4.78 is 2.47. The van der Waals surface area contributed by atoms with E-state index in [1.165, 1.54) is 50.0 Å². The molecule has 0 fully saturated rings. The Morgan fingerprint density at radius 3 is 2.29 bits per heavy atom. The zero-order valence-corrected chi connectivity index (χ0v) is 35.0. The van der Waals surface area contributed by atoms with Crippen LogP contribution in [0.15, 0.2) is 124 Å². The fourth-order valence-electron chi connectivity index (χ4n) is 8.45. The van der Waals surface area contributed by atoms with Gasteiger partial charge >= 0.3 is 0 Å². The van der Waals surface area contributed by atoms with Crippen LogP contribution in [-0.4, -0.2) is 48.3 Å². The first-order valence-corrected chi connectivity index (χ1v) is 21.3. The number of allylic oxidation sites excluding steroid dienone is 7. The van der Waals surface area contributed by atoms with E-state index in [9.17, 15) is 9.59 Å². The number of fused-ring (bicyclic) bond motifs is 2. The summed E-state index contributed by atoms with van der Waals surface area (Å²) in [4.78, 5) is 29.6. The number of nitrogens with one attached hydrogen (secondary N) is 2. The Kier molecular flexibility index (Phi) is 13.2. The van der Waals surface area contributed by atoms with E-state index in [1.54, 1.807) is 0 Å². The molecular formula is C48H60N5O2S+. The van der Waals surface area contributed by atoms with Crippen LogP contribution in [-0.2, 0) is 20.4 Å². The van der Waals surface area contributed by atoms with Crippen LogP contribution in [0.1, 0.15) is 97.6 Å². The van der Waals surface area contributed by atoms with Gasteiger partial charge in [-0.15, -0.1) is 0 Å². The highest BCUT2D eigenvalue weighted by Gasteiger charge is 2.43. The topological polar surface area (TPSA) is 90.5 Å². The Hall–Kier alpha value is -4.66. The van der Waals surface area contributed by atoms with Gasteiger partial charge in [-0.25, -0.2) is 0 Å². The van der Waals surface area contributed by atoms with E-state index in [-0.39, 0.29) is 22.6 Å². The largest absolute Gasteiger partial charge is 0.356 e. The maximum absolute atomic E-state index is 12.7. The lowest BCUT2D eigenvalue weighted by molar-refractivity contribution is -0.433. The van der Waals surface area contributed by atoms with Crippen molar-refractivity contribution in [3.8, 4) is 0 Å². The summed E-state index contributed by atoms with van der Waals surface area (Å²) in [6, 6.07) is 25.8. The molecule has 3 aromatic carbocycles. The molecule has 294 valence electrons. The van der Waals surface area contributed by atoms with E-state index < -0.39 is 0 Å². The molecule has 3 aliphatic rings. The van der Waals surface area contributed by atoms with Crippen LogP contribution in [0.2, 0.25) is 0 Å². The van der Waals surface area contributed by atoms with Crippen molar-refractivity contribution in [2.75, 3.05) is 36.4 Å². The minimum absolute atomic E-state index is 0.0402. The number of carbonyl (C=O) groups excluding carboxylic acids is 2. The summed E-state index contributed by atoms with van der Waals surface area (Å²) in [7, 11) is 0. The van der Waals surface area contributed by atoms with Crippen LogP contribution in [0.4, 0.5) is 17.1 Å². The zero-order valence-electron chi connectivity index (χ0n) is 34.2. The van der Waals surface area contributed by atoms with E-state index in [4.69, 9.17) is 5.73 Å². The third kappa shape index (κ3) is 8.82. The number of carbonyl (C=O) groups is 2. The van der Waals surface area contributed by atoms with Gasteiger partial charge in [-0.05, 0) is 119 Å². The van der Waals surface area contributed by atoms with E-state index in [2.05, 4.69) is 147 Å². The van der Waals surface area contributed by atoms with Gasteiger partial charge < -0.3 is 21.3 Å². The molecule has 2 heterocycles. The minimum Gasteiger partial charge on any atom is -0.356 e. The van der Waals surface area contributed by atoms with Crippen molar-refractivity contribution in [1.82, 2.24) is 5.32 Å². The molecule has 2 aliphatic heterocycles. The molecule has 0 unspecified atom stereocenters. The molecule has 8 heteroatoms. The molecule has 0 saturated carbocycles. The zero-order chi connectivity index (χ0) is 39.9. The summed E-state index contributed by atoms with van der Waals surface area (Å²) in [5, 5.41) is 5.87. The Morgan fingerprint density at radius 2 is 1.55 bits per heavy atom. The van der Waals surface area contributed by atoms with E-state index in [1.807, 2.05) is 23.9 Å². The second-order valence-corrected chi connectivity index (χ2v) is 17.0. The molecular weight excluding hydrogens is 711 g/mol. The third-order valence-corrected chi connectivity index (χ3v) is 12.7. The van der Waals surface area contributed by atoms with Crippen molar-refractivity contribution in [3.05, 3.63) is 130 Å². The normalized spacial score (nSPS) is 18.6. The fraction of sp³-hybridized carbons (Fsp3) is 0.396. The van der Waals surface area contributed by atoms with Crippen molar-refractivity contribution in [1.29, 1.82) is 0 Å². The van der Waals surface area contributed by atoms with Crippen molar-refractivity contribution >= 4 is 46.4 Å². The van der Waals surface area contributed by atoms with Gasteiger partial charge in [0.2, 0.25) is 17.5 Å². The average Bonchev–Trinajstić information content (AvgIpc) is 3.55. The van der Waals surface area contributed by atoms with Gasteiger partial charge in [0.1, 0.15) is 6.54 Å². The average molecular weight is 771 g/mol. The Bertz CT molecular complexity index is 2090. The highest BCUT2D eigenvalue weighted by Crippen LogP contribution is 2.48. The molecule has 0 atom stereocenters. The monoisotopic (exact) mass is 770 g/mol. The number of likely N-dealkylation sites (N-methyl/N-ethyl adjacent to an activating group) is 1. The highest BCUT2D eigenvalue weighted by molar-refractivity contribution is 8.03. The molecule has 7 nitrogen and oxygen atoms in total. The van der Waals surface area contributed by atoms with Crippen molar-refractivity contribution in [2.24, 2.45) is 5.73 Å². The maximum Gasteiger partial charge on any atom is 0.224 e. The first kappa shape index (κ1) is 41.0. The number of rotatable bonds is 15. The number of nitrogens with two attached hydrogens (primary N) is 1. The summed E-state index contributed by atoms with van der Waals surface area (Å²) >= 11 is 1.82. The standard InChI is InChI=1S/C48H59N5O2S/c1-7-52-40-20-11-9-18-38(40)47(3,4)42(52)30-24-34-16-13-17-35(25-31-43-48(5,6)39-19-10-12-21-41(39)53(43)8-2)46(34)56-37-28-26-36(27-29-37)51-45(55)23-14-22-44(54)50-33-15-32-49/h9-12,18-21,24-31H,7-8,13-17,22-23,32-33,49H2,1-6H3,(H-,50,51,54,55)/p+1. The van der Waals surface area contributed by atoms with E-state index in [0.717, 1.165) is 49.4 Å². The predicted molar refractivity (Wildman–Crippen MR) is 235 cm³/mol. The molecule has 0 aromatic heterocycles. The number of hydrogen-bond acceptors (Lipinski definition) is 5. The second-order valence-electron chi connectivity index (χ2n) is 16.0. The first-order chi connectivity index (χ1) is 27.0. The van der Waals surface area contributed by atoms with Crippen molar-refractivity contribution < 1.29 is 14.2 Å². The SMILES string of the molecule is CCN1/C(=C/C=C2\CCCC(/C=C/C3=[N+](CC)c4ccccc4C3(C)C)=C2Sc2ccc(NC(=O)CCCC(=O)NCCCN)cc2)C(C)(C)c2ccccc21. The Labute approximate surface area is 338 Å². The van der Waals surface area contributed by atoms with Gasteiger partial charge in [0.15, 0.2) is 5.71 Å². The smallest absolute Gasteiger partial charge is 0.224 e. The van der Waals surface area contributed by atoms with Gasteiger partial charge in [0.05, 0.1) is 5.41 Å². The molecule has 0 bridgehead atoms. The Balaban J connectivity index is 1.28. The minimum atomic E-state index is -0.0987. The lowest BCUT2D eigenvalue weighted by Crippen LogP contribution is -2.27. The van der Waals surface area contributed by atoms with Crippen LogP contribution in [0, 0.1) is 0 Å². The molecule has 4 N–H and O–H groups in total. The van der Waals surface area contributed by atoms with Gasteiger partial charge in [0.25, 0.3) is 0 Å². The number of nitrogens with zero attached hydrogens (tertiary/aromatic N) is 2. The van der Waals surface area contributed by atoms with Crippen LogP contribution < -0.4 is 21.3 Å². The highest BCUT2D eigenvalue weighted by atomic mass is 32.2. The first-order valence-electron chi connectivity index (χ1n) is 20.5. The number of thioether (sulfide) groups is 1. The van der Waals surface area contributed by atoms with Gasteiger partial charge in [0, 0.05) is 75.9 Å². The van der Waals surface area contributed by atoms with Gasteiger partial charge in [-0.3, -0.25) is 9.59 Å². The molecule has 0 saturated heterocycles.